The molecule has 2 amide bonds. The Morgan fingerprint density at radius 2 is 1.55 bits per heavy atom. The van der Waals surface area contributed by atoms with E-state index in [4.69, 9.17) is 10.5 Å². The Morgan fingerprint density at radius 3 is 2.09 bits per heavy atom. The molecule has 3 fully saturated rings. The van der Waals surface area contributed by atoms with E-state index in [2.05, 4.69) is 77.4 Å². The number of carbonyl (C=O) groups excluding carboxylic acids is 4. The number of nitrogens with zero attached hydrogens (tertiary/aromatic N) is 5. The van der Waals surface area contributed by atoms with Crippen molar-refractivity contribution in [1.29, 1.82) is 0 Å². The summed E-state index contributed by atoms with van der Waals surface area (Å²) in [4.78, 5) is 67.0. The summed E-state index contributed by atoms with van der Waals surface area (Å²) in [5.41, 5.74) is 12.8. The number of nitrogens with two attached hydrogens (primary N) is 1. The van der Waals surface area contributed by atoms with Crippen LogP contribution in [0, 0.1) is 31.4 Å². The quantitative estimate of drug-likeness (QED) is 0.0984. The highest BCUT2D eigenvalue weighted by molar-refractivity contribution is 6.00. The van der Waals surface area contributed by atoms with Crippen LogP contribution >= 0.6 is 0 Å². The number of primary amides is 1. The number of hydrogen-bond acceptors (Lipinski definition) is 10. The van der Waals surface area contributed by atoms with Crippen molar-refractivity contribution in [2.45, 2.75) is 137 Å². The number of hydrogen-bond donors (Lipinski definition) is 3. The van der Waals surface area contributed by atoms with E-state index in [1.807, 2.05) is 46.6 Å². The van der Waals surface area contributed by atoms with Crippen LogP contribution in [0.5, 0.6) is 0 Å². The third-order valence-corrected chi connectivity index (χ3v) is 14.5. The van der Waals surface area contributed by atoms with Gasteiger partial charge in [-0.15, -0.1) is 0 Å². The first-order valence-electron chi connectivity index (χ1n) is 27.3. The van der Waals surface area contributed by atoms with Crippen LogP contribution < -0.4 is 21.9 Å². The van der Waals surface area contributed by atoms with Crippen molar-refractivity contribution in [2.24, 2.45) is 11.7 Å². The number of likely N-dealkylation sites (tertiary alicyclic amines) is 2. The lowest BCUT2D eigenvalue weighted by molar-refractivity contribution is -0.120. The van der Waals surface area contributed by atoms with Crippen LogP contribution in [0.1, 0.15) is 156 Å². The lowest BCUT2D eigenvalue weighted by Gasteiger charge is -2.35. The van der Waals surface area contributed by atoms with Crippen LogP contribution in [0.2, 0.25) is 0 Å². The highest BCUT2D eigenvalue weighted by Gasteiger charge is 2.53. The third-order valence-electron chi connectivity index (χ3n) is 14.5. The van der Waals surface area contributed by atoms with E-state index in [1.165, 1.54) is 23.3 Å². The topological polar surface area (TPSA) is 163 Å². The number of benzene rings is 2. The molecule has 4 aliphatic rings. The predicted molar refractivity (Wildman–Crippen MR) is 301 cm³/mol. The average molecular weight is 1040 g/mol. The van der Waals surface area contributed by atoms with Gasteiger partial charge in [-0.1, -0.05) is 70.4 Å². The minimum absolute atomic E-state index is 0.0907. The zero-order valence-corrected chi connectivity index (χ0v) is 46.5. The number of ketones is 1. The number of fused-ring (bicyclic) bond motifs is 2. The summed E-state index contributed by atoms with van der Waals surface area (Å²) in [5, 5.41) is 6.18. The minimum Gasteiger partial charge on any atom is -0.388 e. The number of rotatable bonds is 16. The maximum atomic E-state index is 15.5. The Balaban J connectivity index is 0.000000396. The van der Waals surface area contributed by atoms with Gasteiger partial charge in [-0.05, 0) is 152 Å². The molecular formula is C60H86F2N8O5. The van der Waals surface area contributed by atoms with Gasteiger partial charge in [0, 0.05) is 91.9 Å². The molecule has 0 radical (unpaired) electrons. The number of pyridine rings is 2. The van der Waals surface area contributed by atoms with Crippen molar-refractivity contribution in [1.82, 2.24) is 24.3 Å². The Labute approximate surface area is 445 Å². The summed E-state index contributed by atoms with van der Waals surface area (Å²) < 4.78 is 32.7. The molecule has 5 heterocycles. The first-order valence-corrected chi connectivity index (χ1v) is 27.3. The smallest absolute Gasteiger partial charge is 0.257 e. The molecule has 0 atom stereocenters. The van der Waals surface area contributed by atoms with Gasteiger partial charge in [0.1, 0.15) is 18.4 Å². The van der Waals surface area contributed by atoms with Crippen molar-refractivity contribution >= 4 is 41.8 Å². The molecule has 8 rings (SSSR count). The van der Waals surface area contributed by atoms with Crippen LogP contribution in [0.25, 0.3) is 11.8 Å². The fourth-order valence-electron chi connectivity index (χ4n) is 10.4. The number of halogens is 2. The molecule has 2 saturated heterocycles. The average Bonchev–Trinajstić information content (AvgIpc) is 4.22. The molecule has 2 aromatic heterocycles. The van der Waals surface area contributed by atoms with Gasteiger partial charge in [0.05, 0.1) is 17.6 Å². The lowest BCUT2D eigenvalue weighted by atomic mass is 9.86. The molecule has 1 spiro atoms. The molecule has 410 valence electrons. The lowest BCUT2D eigenvalue weighted by Crippen LogP contribution is -2.42. The number of Topliss-reactive ketones (excluding diaryl/α,β-unsaturated/α-hetero) is 1. The van der Waals surface area contributed by atoms with E-state index >= 15 is 8.78 Å². The summed E-state index contributed by atoms with van der Waals surface area (Å²) in [6, 6.07) is 14.1. The third kappa shape index (κ3) is 17.0. The second-order valence-corrected chi connectivity index (χ2v) is 20.1. The van der Waals surface area contributed by atoms with Gasteiger partial charge in [-0.2, -0.15) is 0 Å². The van der Waals surface area contributed by atoms with Crippen molar-refractivity contribution in [2.75, 3.05) is 76.6 Å². The van der Waals surface area contributed by atoms with Crippen molar-refractivity contribution in [3.05, 3.63) is 122 Å². The predicted octanol–water partition coefficient (Wildman–Crippen LogP) is 10.6. The Morgan fingerprint density at radius 1 is 0.907 bits per heavy atom. The van der Waals surface area contributed by atoms with Gasteiger partial charge in [-0.25, -0.2) is 8.78 Å². The maximum Gasteiger partial charge on any atom is 0.257 e. The Hall–Kier alpha value is -6.06. The normalized spacial score (nSPS) is 16.1. The van der Waals surface area contributed by atoms with Crippen molar-refractivity contribution in [3.8, 4) is 5.69 Å². The molecule has 13 nitrogen and oxygen atoms in total. The van der Waals surface area contributed by atoms with Gasteiger partial charge in [0.2, 0.25) is 5.91 Å². The number of piperidine rings is 2. The van der Waals surface area contributed by atoms with E-state index in [-0.39, 0.29) is 39.8 Å². The standard InChI is InChI=1S/C40H54F2N6O2.C12H13NO.C5H11NO.C2H6.CH2O/c1-6-15-45(16-7-2)27-30-9-19-47(20-10-30)40(50)32-23-35(41)39(36(42)24-32)31-11-17-46(18-12-31)26-28(3)22-34-29(4)44-14-8-37(34)48-21-13-33(43-5)25-38(48)49;1-8-2-3-10-9(6-8)12(4-5-12)11(14)7-13-10;1-2-3-4-5(6)7;2*1-2/h8,13-14,21-25,30-31,43H,6-7,9-12,15-20,26-27H2,1-5H3;2-3,6,13H,4-5,7H2,1H3;2-4H2,1H3,(H2,6,7);1-2H3;1H2/b28-22+;;;;. The summed E-state index contributed by atoms with van der Waals surface area (Å²) in [5.74, 6) is -1.05. The molecule has 3 aliphatic heterocycles. The number of anilines is 2. The molecule has 0 unspecified atom stereocenters. The summed E-state index contributed by atoms with van der Waals surface area (Å²) in [7, 11) is 1.78. The number of unbranched alkanes of at least 4 members (excludes halogenated alkanes) is 1. The van der Waals surface area contributed by atoms with E-state index < -0.39 is 11.6 Å². The number of nitrogens with one attached hydrogen (secondary N) is 2. The second-order valence-electron chi connectivity index (χ2n) is 20.1. The van der Waals surface area contributed by atoms with E-state index in [0.717, 1.165) is 105 Å². The van der Waals surface area contributed by atoms with E-state index in [9.17, 15) is 19.2 Å². The molecule has 0 bridgehead atoms. The summed E-state index contributed by atoms with van der Waals surface area (Å²) in [6.07, 6.45) is 15.5. The maximum absolute atomic E-state index is 15.5. The van der Waals surface area contributed by atoms with Crippen LogP contribution in [0.15, 0.2) is 71.3 Å². The number of amides is 2. The Bertz CT molecular complexity index is 2550. The molecule has 4 aromatic rings. The van der Waals surface area contributed by atoms with Crippen LogP contribution in [-0.2, 0) is 19.8 Å². The molecule has 2 aromatic carbocycles. The van der Waals surface area contributed by atoms with Crippen molar-refractivity contribution in [3.63, 3.8) is 0 Å². The highest BCUT2D eigenvalue weighted by Crippen LogP contribution is 2.53. The monoisotopic (exact) mass is 1040 g/mol. The fraction of sp³-hybridized carbons (Fsp3) is 0.533. The van der Waals surface area contributed by atoms with Gasteiger partial charge >= 0.3 is 0 Å². The zero-order valence-electron chi connectivity index (χ0n) is 46.5. The molecule has 4 N–H and O–H groups in total. The first kappa shape index (κ1) is 61.5. The zero-order chi connectivity index (χ0) is 55.2. The fourth-order valence-corrected chi connectivity index (χ4v) is 10.4. The van der Waals surface area contributed by atoms with Crippen LogP contribution in [0.4, 0.5) is 20.2 Å². The van der Waals surface area contributed by atoms with Crippen molar-refractivity contribution < 1.29 is 28.0 Å². The minimum atomic E-state index is -0.620. The number of aromatic nitrogens is 2. The van der Waals surface area contributed by atoms with E-state index in [1.54, 1.807) is 35.0 Å². The first-order chi connectivity index (χ1) is 36.1. The number of aryl methyl sites for hydroxylation is 2. The molecule has 75 heavy (non-hydrogen) atoms. The number of carbonyl (C=O) groups is 4. The van der Waals surface area contributed by atoms with Gasteiger partial charge in [-0.3, -0.25) is 33.6 Å². The van der Waals surface area contributed by atoms with E-state index in [0.29, 0.717) is 70.2 Å². The van der Waals surface area contributed by atoms with Crippen LogP contribution in [-0.4, -0.2) is 115 Å². The molecule has 1 aliphatic carbocycles. The van der Waals surface area contributed by atoms with Gasteiger partial charge in [0.15, 0.2) is 5.78 Å². The summed E-state index contributed by atoms with van der Waals surface area (Å²) >= 11 is 0. The molecular weight excluding hydrogens is 951 g/mol. The largest absolute Gasteiger partial charge is 0.388 e. The van der Waals surface area contributed by atoms with Crippen LogP contribution in [0.3, 0.4) is 0 Å². The highest BCUT2D eigenvalue weighted by atomic mass is 19.1. The second kappa shape index (κ2) is 30.5. The van der Waals surface area contributed by atoms with Gasteiger partial charge in [0.25, 0.3) is 11.5 Å². The SMILES string of the molecule is C=O.CC.CCCCC(N)=O.CCCN(CCC)CC1CCN(C(=O)c2cc(F)c(C3CCN(C/C(C)=C/c4c(-n5ccc(NC)cc5=O)ccnc4C)CC3)c(F)c2)CC1.Cc1ccc2c(c1)C1(CC1)C(=O)CN2. The summed E-state index contributed by atoms with van der Waals surface area (Å²) in [6.45, 7) is 25.6. The molecule has 15 heteroatoms. The molecule has 1 saturated carbocycles. The Kier molecular flexibility index (Phi) is 25.0. The van der Waals surface area contributed by atoms with Gasteiger partial charge < -0.3 is 31.0 Å².